The lowest BCUT2D eigenvalue weighted by Crippen LogP contribution is -2.22. The van der Waals surface area contributed by atoms with Crippen LogP contribution in [0.5, 0.6) is 0 Å². The maximum Gasteiger partial charge on any atom is 0.306 e. The minimum Gasteiger partial charge on any atom is -0.456 e. The first-order chi connectivity index (χ1) is 14.5. The van der Waals surface area contributed by atoms with E-state index in [9.17, 15) is 14.4 Å². The lowest BCUT2D eigenvalue weighted by atomic mass is 9.97. The standard InChI is InChI=1S/C25H29NO4/c1-3-17(2)21-9-4-5-10-22(21)26-24(28)16-30-25(29)14-13-23(27)20-12-11-18-7-6-8-19(18)15-20/h4-5,9-12,15,17H,3,6-8,13-14,16H2,1-2H3,(H,26,28)/t17-/m0/s1. The summed E-state index contributed by atoms with van der Waals surface area (Å²) in [5.74, 6) is -0.693. The average molecular weight is 408 g/mol. The lowest BCUT2D eigenvalue weighted by molar-refractivity contribution is -0.147. The molecule has 1 aliphatic rings. The van der Waals surface area contributed by atoms with Crippen LogP contribution < -0.4 is 5.32 Å². The van der Waals surface area contributed by atoms with Crippen LogP contribution in [0.1, 0.15) is 72.5 Å². The summed E-state index contributed by atoms with van der Waals surface area (Å²) >= 11 is 0. The maximum atomic E-state index is 12.4. The van der Waals surface area contributed by atoms with Gasteiger partial charge >= 0.3 is 5.97 Å². The number of nitrogens with one attached hydrogen (secondary N) is 1. The number of benzene rings is 2. The number of para-hydroxylation sites is 1. The molecule has 3 rings (SSSR count). The highest BCUT2D eigenvalue weighted by molar-refractivity contribution is 5.98. The van der Waals surface area contributed by atoms with E-state index in [0.29, 0.717) is 11.5 Å². The summed E-state index contributed by atoms with van der Waals surface area (Å²) < 4.78 is 5.06. The number of carbonyl (C=O) groups excluding carboxylic acids is 3. The van der Waals surface area contributed by atoms with E-state index in [1.54, 1.807) is 0 Å². The van der Waals surface area contributed by atoms with E-state index in [1.807, 2.05) is 42.5 Å². The predicted octanol–water partition coefficient (Wildman–Crippen LogP) is 4.83. The van der Waals surface area contributed by atoms with Crippen molar-refractivity contribution in [2.75, 3.05) is 11.9 Å². The van der Waals surface area contributed by atoms with Gasteiger partial charge in [0.05, 0.1) is 6.42 Å². The second-order valence-corrected chi connectivity index (χ2v) is 7.87. The van der Waals surface area contributed by atoms with Gasteiger partial charge in [0, 0.05) is 17.7 Å². The zero-order valence-electron chi connectivity index (χ0n) is 17.7. The quantitative estimate of drug-likeness (QED) is 0.477. The van der Waals surface area contributed by atoms with E-state index >= 15 is 0 Å². The van der Waals surface area contributed by atoms with Gasteiger partial charge in [0.15, 0.2) is 12.4 Å². The van der Waals surface area contributed by atoms with Crippen molar-refractivity contribution in [1.82, 2.24) is 0 Å². The van der Waals surface area contributed by atoms with Gasteiger partial charge in [-0.05, 0) is 60.4 Å². The smallest absolute Gasteiger partial charge is 0.306 e. The van der Waals surface area contributed by atoms with E-state index in [1.165, 1.54) is 11.1 Å². The summed E-state index contributed by atoms with van der Waals surface area (Å²) in [6.45, 7) is 3.83. The molecule has 1 N–H and O–H groups in total. The molecule has 1 amide bonds. The van der Waals surface area contributed by atoms with E-state index in [4.69, 9.17) is 4.74 Å². The van der Waals surface area contributed by atoms with Gasteiger partial charge in [0.2, 0.25) is 0 Å². The molecule has 0 saturated heterocycles. The fourth-order valence-electron chi connectivity index (χ4n) is 3.77. The highest BCUT2D eigenvalue weighted by Gasteiger charge is 2.16. The third-order valence-electron chi connectivity index (χ3n) is 5.72. The first kappa shape index (κ1) is 21.8. The van der Waals surface area contributed by atoms with Crippen molar-refractivity contribution in [2.45, 2.75) is 58.3 Å². The van der Waals surface area contributed by atoms with Crippen molar-refractivity contribution in [3.05, 3.63) is 64.7 Å². The Balaban J connectivity index is 1.44. The number of esters is 1. The summed E-state index contributed by atoms with van der Waals surface area (Å²) in [4.78, 5) is 36.6. The van der Waals surface area contributed by atoms with Crippen LogP contribution in [-0.2, 0) is 27.2 Å². The number of ether oxygens (including phenoxy) is 1. The molecule has 0 saturated carbocycles. The van der Waals surface area contributed by atoms with Gasteiger partial charge in [-0.1, -0.05) is 44.2 Å². The fourth-order valence-corrected chi connectivity index (χ4v) is 3.77. The Morgan fingerprint density at radius 1 is 1.03 bits per heavy atom. The molecule has 0 unspecified atom stereocenters. The molecular formula is C25H29NO4. The van der Waals surface area contributed by atoms with Crippen molar-refractivity contribution in [2.24, 2.45) is 0 Å². The molecule has 0 spiro atoms. The molecule has 0 heterocycles. The van der Waals surface area contributed by atoms with Crippen LogP contribution in [0.4, 0.5) is 5.69 Å². The summed E-state index contributed by atoms with van der Waals surface area (Å²) in [7, 11) is 0. The Labute approximate surface area is 177 Å². The molecule has 0 radical (unpaired) electrons. The Bertz CT molecular complexity index is 934. The number of hydrogen-bond donors (Lipinski definition) is 1. The Kier molecular flexibility index (Phi) is 7.39. The Morgan fingerprint density at radius 3 is 2.60 bits per heavy atom. The molecule has 1 atom stereocenters. The number of aryl methyl sites for hydroxylation is 2. The number of Topliss-reactive ketones (excluding diaryl/α,β-unsaturated/α-hetero) is 1. The second-order valence-electron chi connectivity index (χ2n) is 7.87. The molecule has 1 aliphatic carbocycles. The van der Waals surface area contributed by atoms with E-state index < -0.39 is 5.97 Å². The minimum atomic E-state index is -0.546. The van der Waals surface area contributed by atoms with Gasteiger partial charge in [-0.25, -0.2) is 0 Å². The van der Waals surface area contributed by atoms with Gasteiger partial charge in [0.25, 0.3) is 5.91 Å². The third kappa shape index (κ3) is 5.56. The molecule has 0 fully saturated rings. The summed E-state index contributed by atoms with van der Waals surface area (Å²) in [6, 6.07) is 13.4. The number of amides is 1. The molecule has 158 valence electrons. The second kappa shape index (κ2) is 10.2. The first-order valence-corrected chi connectivity index (χ1v) is 10.7. The van der Waals surface area contributed by atoms with Crippen LogP contribution in [0.3, 0.4) is 0 Å². The highest BCUT2D eigenvalue weighted by atomic mass is 16.5. The van der Waals surface area contributed by atoms with E-state index in [-0.39, 0.29) is 31.1 Å². The van der Waals surface area contributed by atoms with Crippen LogP contribution in [0.2, 0.25) is 0 Å². The van der Waals surface area contributed by atoms with Crippen LogP contribution in [0.15, 0.2) is 42.5 Å². The monoisotopic (exact) mass is 407 g/mol. The van der Waals surface area contributed by atoms with Crippen molar-refractivity contribution < 1.29 is 19.1 Å². The first-order valence-electron chi connectivity index (χ1n) is 10.7. The molecule has 0 aromatic heterocycles. The Morgan fingerprint density at radius 2 is 1.80 bits per heavy atom. The predicted molar refractivity (Wildman–Crippen MR) is 117 cm³/mol. The van der Waals surface area contributed by atoms with Crippen LogP contribution in [0.25, 0.3) is 0 Å². The molecule has 0 bridgehead atoms. The zero-order valence-corrected chi connectivity index (χ0v) is 17.7. The SMILES string of the molecule is CC[C@H](C)c1ccccc1NC(=O)COC(=O)CCC(=O)c1ccc2c(c1)CCC2. The number of anilines is 1. The third-order valence-corrected chi connectivity index (χ3v) is 5.72. The number of carbonyl (C=O) groups is 3. The molecular weight excluding hydrogens is 378 g/mol. The summed E-state index contributed by atoms with van der Waals surface area (Å²) in [5.41, 5.74) is 4.98. The molecule has 2 aromatic rings. The van der Waals surface area contributed by atoms with Crippen molar-refractivity contribution in [3.8, 4) is 0 Å². The van der Waals surface area contributed by atoms with Crippen molar-refractivity contribution in [1.29, 1.82) is 0 Å². The van der Waals surface area contributed by atoms with Crippen molar-refractivity contribution in [3.63, 3.8) is 0 Å². The molecule has 2 aromatic carbocycles. The average Bonchev–Trinajstić information content (AvgIpc) is 3.23. The summed E-state index contributed by atoms with van der Waals surface area (Å²) in [6.07, 6.45) is 4.21. The topological polar surface area (TPSA) is 72.5 Å². The van der Waals surface area contributed by atoms with Gasteiger partial charge in [-0.2, -0.15) is 0 Å². The maximum absolute atomic E-state index is 12.4. The van der Waals surface area contributed by atoms with Gasteiger partial charge in [-0.3, -0.25) is 14.4 Å². The van der Waals surface area contributed by atoms with Gasteiger partial charge < -0.3 is 10.1 Å². The number of fused-ring (bicyclic) bond motifs is 1. The number of ketones is 1. The van der Waals surface area contributed by atoms with Gasteiger partial charge in [0.1, 0.15) is 0 Å². The van der Waals surface area contributed by atoms with E-state index in [0.717, 1.165) is 36.9 Å². The highest BCUT2D eigenvalue weighted by Crippen LogP contribution is 2.26. The molecule has 30 heavy (non-hydrogen) atoms. The van der Waals surface area contributed by atoms with Crippen LogP contribution >= 0.6 is 0 Å². The minimum absolute atomic E-state index is 0.0351. The molecule has 5 heteroatoms. The van der Waals surface area contributed by atoms with Crippen LogP contribution in [-0.4, -0.2) is 24.3 Å². The normalized spacial score (nSPS) is 13.4. The Hall–Kier alpha value is -2.95. The lowest BCUT2D eigenvalue weighted by Gasteiger charge is -2.15. The zero-order chi connectivity index (χ0) is 21.5. The molecule has 5 nitrogen and oxygen atoms in total. The van der Waals surface area contributed by atoms with E-state index in [2.05, 4.69) is 19.2 Å². The van der Waals surface area contributed by atoms with Gasteiger partial charge in [-0.15, -0.1) is 0 Å². The fraction of sp³-hybridized carbons (Fsp3) is 0.400. The number of hydrogen-bond acceptors (Lipinski definition) is 4. The summed E-state index contributed by atoms with van der Waals surface area (Å²) in [5, 5.41) is 2.81. The van der Waals surface area contributed by atoms with Crippen LogP contribution in [0, 0.1) is 0 Å². The molecule has 0 aliphatic heterocycles. The largest absolute Gasteiger partial charge is 0.456 e. The number of rotatable bonds is 9. The van der Waals surface area contributed by atoms with Crippen molar-refractivity contribution >= 4 is 23.3 Å².